The predicted octanol–water partition coefficient (Wildman–Crippen LogP) is 0.910. The minimum Gasteiger partial charge on any atom is -0.230 e. The molecule has 4 nitrogen and oxygen atoms in total. The normalized spacial score (nSPS) is 11.6. The van der Waals surface area contributed by atoms with Crippen molar-refractivity contribution < 1.29 is 8.42 Å². The van der Waals surface area contributed by atoms with E-state index in [0.717, 1.165) is 6.26 Å². The maximum Gasteiger partial charge on any atom is 0.187 e. The van der Waals surface area contributed by atoms with Gasteiger partial charge in [-0.2, -0.15) is 0 Å². The van der Waals surface area contributed by atoms with Gasteiger partial charge in [-0.3, -0.25) is 0 Å². The molecule has 6 heteroatoms. The van der Waals surface area contributed by atoms with Gasteiger partial charge in [-0.15, -0.1) is 0 Å². The van der Waals surface area contributed by atoms with Gasteiger partial charge in [-0.05, 0) is 13.2 Å². The molecule has 0 bridgehead atoms. The summed E-state index contributed by atoms with van der Waals surface area (Å²) in [5.74, 6) is 0. The zero-order valence-electron chi connectivity index (χ0n) is 7.60. The molecular weight excluding hydrogens is 208 g/mol. The molecule has 1 rings (SSSR count). The highest BCUT2D eigenvalue weighted by Gasteiger charge is 2.12. The highest BCUT2D eigenvalue weighted by Crippen LogP contribution is 2.15. The van der Waals surface area contributed by atoms with Crippen LogP contribution in [0.3, 0.4) is 0 Å². The molecule has 0 N–H and O–H groups in total. The highest BCUT2D eigenvalue weighted by molar-refractivity contribution is 7.98. The summed E-state index contributed by atoms with van der Waals surface area (Å²) in [7, 11) is -3.19. The van der Waals surface area contributed by atoms with Crippen LogP contribution in [-0.4, -0.2) is 30.9 Å². The van der Waals surface area contributed by atoms with E-state index in [1.54, 1.807) is 6.92 Å². The van der Waals surface area contributed by atoms with Crippen LogP contribution in [0, 0.1) is 6.92 Å². The van der Waals surface area contributed by atoms with Gasteiger partial charge < -0.3 is 0 Å². The van der Waals surface area contributed by atoms with Crippen molar-refractivity contribution in [1.82, 2.24) is 9.97 Å². The Balaban J connectivity index is 3.29. The number of aromatic nitrogens is 2. The second kappa shape index (κ2) is 3.63. The summed E-state index contributed by atoms with van der Waals surface area (Å²) in [6.07, 6.45) is 4.34. The highest BCUT2D eigenvalue weighted by atomic mass is 32.2. The van der Waals surface area contributed by atoms with Crippen LogP contribution >= 0.6 is 11.8 Å². The van der Waals surface area contributed by atoms with Crippen LogP contribution in [0.1, 0.15) is 5.69 Å². The van der Waals surface area contributed by atoms with Gasteiger partial charge in [0.15, 0.2) is 15.0 Å². The fourth-order valence-electron chi connectivity index (χ4n) is 0.897. The molecule has 1 aromatic rings. The molecule has 0 aliphatic rings. The van der Waals surface area contributed by atoms with Gasteiger partial charge in [-0.1, -0.05) is 11.8 Å². The Morgan fingerprint density at radius 2 is 2.08 bits per heavy atom. The molecule has 72 valence electrons. The second-order valence-corrected chi connectivity index (χ2v) is 5.34. The van der Waals surface area contributed by atoms with E-state index in [0.29, 0.717) is 10.9 Å². The average Bonchev–Trinajstić information content (AvgIpc) is 2.01. The molecule has 13 heavy (non-hydrogen) atoms. The van der Waals surface area contributed by atoms with Crippen molar-refractivity contribution >= 4 is 21.6 Å². The van der Waals surface area contributed by atoms with Crippen molar-refractivity contribution in [1.29, 1.82) is 0 Å². The second-order valence-electron chi connectivity index (χ2n) is 2.58. The third kappa shape index (κ3) is 2.41. The first-order chi connectivity index (χ1) is 5.95. The first kappa shape index (κ1) is 10.5. The molecule has 0 saturated carbocycles. The summed E-state index contributed by atoms with van der Waals surface area (Å²) in [6.45, 7) is 1.66. The van der Waals surface area contributed by atoms with Crippen molar-refractivity contribution in [2.45, 2.75) is 17.0 Å². The SMILES string of the molecule is CSc1ncc(S(C)(=O)=O)c(C)n1. The number of thioether (sulfide) groups is 1. The zero-order valence-corrected chi connectivity index (χ0v) is 9.24. The largest absolute Gasteiger partial charge is 0.230 e. The third-order valence-electron chi connectivity index (χ3n) is 1.49. The number of sulfone groups is 1. The Kier molecular flexibility index (Phi) is 2.92. The molecule has 0 aromatic carbocycles. The summed E-state index contributed by atoms with van der Waals surface area (Å²) in [4.78, 5) is 8.13. The lowest BCUT2D eigenvalue weighted by atomic mass is 10.5. The van der Waals surface area contributed by atoms with Crippen LogP contribution in [0.5, 0.6) is 0 Å². The first-order valence-corrected chi connectivity index (χ1v) is 6.64. The molecule has 0 spiro atoms. The molecule has 0 amide bonds. The van der Waals surface area contributed by atoms with Crippen LogP contribution in [0.15, 0.2) is 16.2 Å². The zero-order chi connectivity index (χ0) is 10.1. The van der Waals surface area contributed by atoms with Gasteiger partial charge in [0.05, 0.1) is 11.9 Å². The molecule has 0 radical (unpaired) electrons. The van der Waals surface area contributed by atoms with Gasteiger partial charge in [-0.25, -0.2) is 18.4 Å². The third-order valence-corrected chi connectivity index (χ3v) is 3.26. The summed E-state index contributed by atoms with van der Waals surface area (Å²) in [6, 6.07) is 0. The van der Waals surface area contributed by atoms with E-state index in [1.165, 1.54) is 18.0 Å². The molecule has 0 fully saturated rings. The standard InChI is InChI=1S/C7H10N2O2S2/c1-5-6(13(3,10)11)4-8-7(9-5)12-2/h4H,1-3H3. The molecular formula is C7H10N2O2S2. The van der Waals surface area contributed by atoms with Gasteiger partial charge in [0.1, 0.15) is 4.90 Å². The smallest absolute Gasteiger partial charge is 0.187 e. The minimum absolute atomic E-state index is 0.199. The summed E-state index contributed by atoms with van der Waals surface area (Å²) >= 11 is 1.39. The van der Waals surface area contributed by atoms with Gasteiger partial charge in [0.25, 0.3) is 0 Å². The first-order valence-electron chi connectivity index (χ1n) is 3.53. The lowest BCUT2D eigenvalue weighted by Crippen LogP contribution is -2.03. The van der Waals surface area contributed by atoms with Crippen LogP contribution in [0.25, 0.3) is 0 Å². The number of aryl methyl sites for hydroxylation is 1. The molecule has 0 unspecified atom stereocenters. The number of rotatable bonds is 2. The van der Waals surface area contributed by atoms with Crippen molar-refractivity contribution in [2.75, 3.05) is 12.5 Å². The minimum atomic E-state index is -3.19. The number of hydrogen-bond donors (Lipinski definition) is 0. The molecule has 0 saturated heterocycles. The summed E-state index contributed by atoms with van der Waals surface area (Å²) in [5, 5.41) is 0.588. The molecule has 0 atom stereocenters. The Morgan fingerprint density at radius 3 is 2.46 bits per heavy atom. The van der Waals surface area contributed by atoms with Gasteiger partial charge >= 0.3 is 0 Å². The van der Waals surface area contributed by atoms with E-state index in [-0.39, 0.29) is 4.90 Å². The topological polar surface area (TPSA) is 59.9 Å². The van der Waals surface area contributed by atoms with E-state index in [9.17, 15) is 8.42 Å². The Hall–Kier alpha value is -0.620. The van der Waals surface area contributed by atoms with E-state index >= 15 is 0 Å². The van der Waals surface area contributed by atoms with Crippen LogP contribution in [-0.2, 0) is 9.84 Å². The number of hydrogen-bond acceptors (Lipinski definition) is 5. The fraction of sp³-hybridized carbons (Fsp3) is 0.429. The van der Waals surface area contributed by atoms with E-state index in [1.807, 2.05) is 6.26 Å². The quantitative estimate of drug-likeness (QED) is 0.545. The average molecular weight is 218 g/mol. The summed E-state index contributed by atoms with van der Waals surface area (Å²) < 4.78 is 22.3. The van der Waals surface area contributed by atoms with Crippen molar-refractivity contribution in [3.8, 4) is 0 Å². The van der Waals surface area contributed by atoms with Gasteiger partial charge in [0, 0.05) is 6.26 Å². The number of nitrogens with zero attached hydrogens (tertiary/aromatic N) is 2. The van der Waals surface area contributed by atoms with E-state index in [4.69, 9.17) is 0 Å². The van der Waals surface area contributed by atoms with Crippen LogP contribution in [0.4, 0.5) is 0 Å². The monoisotopic (exact) mass is 218 g/mol. The van der Waals surface area contributed by atoms with Crippen molar-refractivity contribution in [2.24, 2.45) is 0 Å². The van der Waals surface area contributed by atoms with Crippen molar-refractivity contribution in [3.05, 3.63) is 11.9 Å². The molecule has 0 aliphatic heterocycles. The van der Waals surface area contributed by atoms with Crippen LogP contribution < -0.4 is 0 Å². The molecule has 0 aliphatic carbocycles. The van der Waals surface area contributed by atoms with E-state index < -0.39 is 9.84 Å². The Bertz CT molecular complexity index is 415. The fourth-order valence-corrected chi connectivity index (χ4v) is 2.11. The maximum absolute atomic E-state index is 11.2. The molecule has 1 heterocycles. The summed E-state index contributed by atoms with van der Waals surface area (Å²) in [5.41, 5.74) is 0.502. The Morgan fingerprint density at radius 1 is 1.46 bits per heavy atom. The molecule has 1 aromatic heterocycles. The predicted molar refractivity (Wildman–Crippen MR) is 51.7 cm³/mol. The lowest BCUT2D eigenvalue weighted by molar-refractivity contribution is 0.599. The maximum atomic E-state index is 11.2. The van der Waals surface area contributed by atoms with Gasteiger partial charge in [0.2, 0.25) is 0 Å². The van der Waals surface area contributed by atoms with Crippen LogP contribution in [0.2, 0.25) is 0 Å². The Labute approximate surface area is 81.7 Å². The van der Waals surface area contributed by atoms with E-state index in [2.05, 4.69) is 9.97 Å². The lowest BCUT2D eigenvalue weighted by Gasteiger charge is -2.02. The van der Waals surface area contributed by atoms with Crippen molar-refractivity contribution in [3.63, 3.8) is 0 Å².